The molecule has 0 amide bonds. The Kier molecular flexibility index (Phi) is 8.17. The molecule has 0 bridgehead atoms. The highest BCUT2D eigenvalue weighted by atomic mass is 16.5. The normalized spacial score (nSPS) is 15.7. The summed E-state index contributed by atoms with van der Waals surface area (Å²) >= 11 is 0. The number of hydrogen-bond donors (Lipinski definition) is 1. The highest BCUT2D eigenvalue weighted by Crippen LogP contribution is 2.24. The van der Waals surface area contributed by atoms with Crippen LogP contribution in [0, 0.1) is 12.8 Å². The number of ether oxygens (including phenoxy) is 2. The molecule has 0 radical (unpaired) electrons. The van der Waals surface area contributed by atoms with Crippen LogP contribution in [0.25, 0.3) is 0 Å². The molecule has 3 heteroatoms. The van der Waals surface area contributed by atoms with Crippen LogP contribution < -0.4 is 10.5 Å². The van der Waals surface area contributed by atoms with E-state index < -0.39 is 0 Å². The number of fused-ring (bicyclic) bond motifs is 1. The van der Waals surface area contributed by atoms with Gasteiger partial charge in [-0.3, -0.25) is 0 Å². The largest absolute Gasteiger partial charge is 0.491 e. The van der Waals surface area contributed by atoms with Crippen molar-refractivity contribution in [3.8, 4) is 18.6 Å². The fourth-order valence-corrected chi connectivity index (χ4v) is 1.45. The van der Waals surface area contributed by atoms with Crippen molar-refractivity contribution in [1.82, 2.24) is 0 Å². The zero-order valence-electron chi connectivity index (χ0n) is 11.1. The standard InChI is InChI=1S/C10H12O2.C3H7N.C2H2/c1-11-9-6-8-4-2-3-5-10(8)12-7-9;1-3(2)4;1-2/h2-5,9H,6-7H2,1H3;1,4H2,2H3;1-2H/t9-;;/m1../s1. The van der Waals surface area contributed by atoms with E-state index in [0.29, 0.717) is 12.3 Å². The minimum atomic E-state index is 0.222. The maximum absolute atomic E-state index is 5.50. The molecule has 0 aromatic heterocycles. The average molecular weight is 247 g/mol. The maximum Gasteiger partial charge on any atom is 0.122 e. The Bertz CT molecular complexity index is 381. The predicted molar refractivity (Wildman–Crippen MR) is 75.3 cm³/mol. The van der Waals surface area contributed by atoms with Gasteiger partial charge in [0.05, 0.1) is 6.10 Å². The van der Waals surface area contributed by atoms with Crippen molar-refractivity contribution in [2.45, 2.75) is 19.4 Å². The third-order valence-corrected chi connectivity index (χ3v) is 2.18. The molecule has 0 aliphatic carbocycles. The van der Waals surface area contributed by atoms with Crippen molar-refractivity contribution in [2.24, 2.45) is 5.73 Å². The first-order valence-corrected chi connectivity index (χ1v) is 5.61. The van der Waals surface area contributed by atoms with Crippen LogP contribution in [-0.4, -0.2) is 19.8 Å². The van der Waals surface area contributed by atoms with Crippen LogP contribution in [0.2, 0.25) is 0 Å². The summed E-state index contributed by atoms with van der Waals surface area (Å²) in [7, 11) is 1.72. The van der Waals surface area contributed by atoms with E-state index in [0.717, 1.165) is 12.2 Å². The minimum absolute atomic E-state index is 0.222. The average Bonchev–Trinajstić information content (AvgIpc) is 2.40. The molecule has 0 saturated carbocycles. The lowest BCUT2D eigenvalue weighted by Gasteiger charge is -2.23. The number of methoxy groups -OCH3 is 1. The first-order chi connectivity index (χ1) is 8.63. The molecule has 1 aromatic rings. The Hall–Kier alpha value is -1.92. The van der Waals surface area contributed by atoms with E-state index in [1.54, 1.807) is 14.0 Å². The van der Waals surface area contributed by atoms with Gasteiger partial charge in [-0.2, -0.15) is 0 Å². The topological polar surface area (TPSA) is 44.5 Å². The second-order valence-corrected chi connectivity index (χ2v) is 3.83. The molecule has 2 N–H and O–H groups in total. The Morgan fingerprint density at radius 2 is 2.00 bits per heavy atom. The van der Waals surface area contributed by atoms with Gasteiger partial charge in [0.15, 0.2) is 0 Å². The summed E-state index contributed by atoms with van der Waals surface area (Å²) in [6.45, 7) is 5.76. The van der Waals surface area contributed by atoms with E-state index in [9.17, 15) is 0 Å². The highest BCUT2D eigenvalue weighted by molar-refractivity contribution is 5.35. The summed E-state index contributed by atoms with van der Waals surface area (Å²) in [6.07, 6.45) is 9.19. The van der Waals surface area contributed by atoms with E-state index in [2.05, 4.69) is 25.5 Å². The molecular weight excluding hydrogens is 226 g/mol. The van der Waals surface area contributed by atoms with Crippen LogP contribution >= 0.6 is 0 Å². The zero-order chi connectivity index (χ0) is 14.0. The Morgan fingerprint density at radius 1 is 1.44 bits per heavy atom. The van der Waals surface area contributed by atoms with Crippen molar-refractivity contribution in [2.75, 3.05) is 13.7 Å². The van der Waals surface area contributed by atoms with Crippen LogP contribution in [0.3, 0.4) is 0 Å². The van der Waals surface area contributed by atoms with Gasteiger partial charge in [-0.05, 0) is 24.3 Å². The number of benzene rings is 1. The molecule has 1 atom stereocenters. The van der Waals surface area contributed by atoms with Gasteiger partial charge in [0.2, 0.25) is 0 Å². The third-order valence-electron chi connectivity index (χ3n) is 2.18. The third kappa shape index (κ3) is 5.97. The summed E-state index contributed by atoms with van der Waals surface area (Å²) in [5.41, 5.74) is 6.83. The molecule has 1 aliphatic rings. The van der Waals surface area contributed by atoms with Gasteiger partial charge in [-0.1, -0.05) is 24.8 Å². The zero-order valence-corrected chi connectivity index (χ0v) is 11.1. The first kappa shape index (κ1) is 16.1. The lowest BCUT2D eigenvalue weighted by Crippen LogP contribution is -2.27. The van der Waals surface area contributed by atoms with Crippen LogP contribution in [0.15, 0.2) is 36.5 Å². The fourth-order valence-electron chi connectivity index (χ4n) is 1.45. The summed E-state index contributed by atoms with van der Waals surface area (Å²) in [5.74, 6) is 1.01. The minimum Gasteiger partial charge on any atom is -0.491 e. The lowest BCUT2D eigenvalue weighted by molar-refractivity contribution is 0.0467. The molecule has 0 saturated heterocycles. The van der Waals surface area contributed by atoms with E-state index in [1.165, 1.54) is 5.56 Å². The van der Waals surface area contributed by atoms with Crippen LogP contribution in [0.5, 0.6) is 5.75 Å². The highest BCUT2D eigenvalue weighted by Gasteiger charge is 2.17. The molecular formula is C15H21NO2. The molecule has 1 heterocycles. The fraction of sp³-hybridized carbons (Fsp3) is 0.333. The van der Waals surface area contributed by atoms with Crippen molar-refractivity contribution >= 4 is 0 Å². The van der Waals surface area contributed by atoms with Gasteiger partial charge in [-0.25, -0.2) is 0 Å². The van der Waals surface area contributed by atoms with Gasteiger partial charge in [0.1, 0.15) is 12.4 Å². The second-order valence-electron chi connectivity index (χ2n) is 3.83. The number of allylic oxidation sites excluding steroid dienone is 1. The van der Waals surface area contributed by atoms with Crippen LogP contribution in [-0.2, 0) is 11.2 Å². The van der Waals surface area contributed by atoms with Gasteiger partial charge >= 0.3 is 0 Å². The Labute approximate surface area is 110 Å². The monoisotopic (exact) mass is 247 g/mol. The molecule has 0 spiro atoms. The molecule has 2 rings (SSSR count). The first-order valence-electron chi connectivity index (χ1n) is 5.61. The Morgan fingerprint density at radius 3 is 2.56 bits per heavy atom. The van der Waals surface area contributed by atoms with Crippen molar-refractivity contribution in [3.05, 3.63) is 42.1 Å². The van der Waals surface area contributed by atoms with E-state index in [4.69, 9.17) is 15.2 Å². The molecule has 18 heavy (non-hydrogen) atoms. The quantitative estimate of drug-likeness (QED) is 0.775. The van der Waals surface area contributed by atoms with E-state index in [-0.39, 0.29) is 6.10 Å². The molecule has 3 nitrogen and oxygen atoms in total. The summed E-state index contributed by atoms with van der Waals surface area (Å²) in [4.78, 5) is 0. The van der Waals surface area contributed by atoms with Gasteiger partial charge in [0, 0.05) is 13.5 Å². The number of rotatable bonds is 1. The predicted octanol–water partition coefficient (Wildman–Crippen LogP) is 2.36. The van der Waals surface area contributed by atoms with Crippen molar-refractivity contribution < 1.29 is 9.47 Å². The molecule has 0 fully saturated rings. The van der Waals surface area contributed by atoms with Crippen molar-refractivity contribution in [3.63, 3.8) is 0 Å². The number of nitrogens with two attached hydrogens (primary N) is 1. The smallest absolute Gasteiger partial charge is 0.122 e. The second kappa shape index (κ2) is 9.15. The number of para-hydroxylation sites is 1. The number of hydrogen-bond acceptors (Lipinski definition) is 3. The molecule has 1 aromatic carbocycles. The van der Waals surface area contributed by atoms with Gasteiger partial charge in [0.25, 0.3) is 0 Å². The molecule has 98 valence electrons. The lowest BCUT2D eigenvalue weighted by atomic mass is 10.1. The van der Waals surface area contributed by atoms with E-state index >= 15 is 0 Å². The van der Waals surface area contributed by atoms with Crippen LogP contribution in [0.1, 0.15) is 12.5 Å². The van der Waals surface area contributed by atoms with Crippen LogP contribution in [0.4, 0.5) is 0 Å². The van der Waals surface area contributed by atoms with E-state index in [1.807, 2.05) is 18.2 Å². The number of terminal acetylenes is 1. The summed E-state index contributed by atoms with van der Waals surface area (Å²) in [6, 6.07) is 8.11. The Balaban J connectivity index is 0.000000415. The molecule has 1 aliphatic heterocycles. The summed E-state index contributed by atoms with van der Waals surface area (Å²) < 4.78 is 10.7. The SMILES string of the molecule is C#C.C=C(C)N.CO[C@H]1COc2ccccc2C1. The van der Waals surface area contributed by atoms with Crippen molar-refractivity contribution in [1.29, 1.82) is 0 Å². The maximum atomic E-state index is 5.50. The molecule has 0 unspecified atom stereocenters. The summed E-state index contributed by atoms with van der Waals surface area (Å²) in [5, 5.41) is 0. The van der Waals surface area contributed by atoms with Gasteiger partial charge < -0.3 is 15.2 Å². The van der Waals surface area contributed by atoms with Gasteiger partial charge in [-0.15, -0.1) is 12.8 Å².